The minimum Gasteiger partial charge on any atom is -0.497 e. The summed E-state index contributed by atoms with van der Waals surface area (Å²) in [6.45, 7) is 5.75. The number of aliphatic hydroxyl groups excluding tert-OH is 1. The van der Waals surface area contributed by atoms with Crippen molar-refractivity contribution in [3.63, 3.8) is 0 Å². The Balaban J connectivity index is 1.98. The van der Waals surface area contributed by atoms with Crippen LogP contribution in [0.1, 0.15) is 25.8 Å². The van der Waals surface area contributed by atoms with Crippen molar-refractivity contribution in [1.29, 1.82) is 0 Å². The molecule has 0 saturated heterocycles. The molecule has 29 heavy (non-hydrogen) atoms. The maximum Gasteiger partial charge on any atom is 0.161 e. The van der Waals surface area contributed by atoms with E-state index in [4.69, 9.17) is 18.9 Å². The largest absolute Gasteiger partial charge is 0.497 e. The zero-order chi connectivity index (χ0) is 21.2. The molecule has 0 saturated carbocycles. The lowest BCUT2D eigenvalue weighted by Crippen LogP contribution is -2.40. The summed E-state index contributed by atoms with van der Waals surface area (Å²) in [5, 5.41) is 10.6. The predicted octanol–water partition coefficient (Wildman–Crippen LogP) is 3.75. The van der Waals surface area contributed by atoms with Gasteiger partial charge in [0.2, 0.25) is 0 Å². The van der Waals surface area contributed by atoms with Gasteiger partial charge in [-0.2, -0.15) is 0 Å². The van der Waals surface area contributed by atoms with Gasteiger partial charge in [-0.05, 0) is 55.3 Å². The Bertz CT molecular complexity index is 735. The van der Waals surface area contributed by atoms with Gasteiger partial charge in [0.05, 0.1) is 21.3 Å². The lowest BCUT2D eigenvalue weighted by atomic mass is 10.1. The molecular formula is C23H33NO5. The first-order valence-electron chi connectivity index (χ1n) is 9.90. The van der Waals surface area contributed by atoms with E-state index < -0.39 is 6.10 Å². The molecule has 0 aliphatic carbocycles. The minimum atomic E-state index is -0.605. The van der Waals surface area contributed by atoms with E-state index in [0.29, 0.717) is 36.4 Å². The highest BCUT2D eigenvalue weighted by Crippen LogP contribution is 2.28. The first-order valence-corrected chi connectivity index (χ1v) is 9.90. The first kappa shape index (κ1) is 22.8. The van der Waals surface area contributed by atoms with Gasteiger partial charge in [0, 0.05) is 19.1 Å². The van der Waals surface area contributed by atoms with Crippen LogP contribution in [0.25, 0.3) is 0 Å². The normalized spacial score (nSPS) is 13.1. The quantitative estimate of drug-likeness (QED) is 0.582. The maximum absolute atomic E-state index is 10.6. The Hall–Kier alpha value is -2.44. The molecule has 6 heteroatoms. The van der Waals surface area contributed by atoms with Crippen LogP contribution in [0.15, 0.2) is 42.5 Å². The summed E-state index contributed by atoms with van der Waals surface area (Å²) < 4.78 is 21.6. The first-order chi connectivity index (χ1) is 14.0. The van der Waals surface area contributed by atoms with Crippen LogP contribution in [0.3, 0.4) is 0 Å². The van der Waals surface area contributed by atoms with E-state index in [2.05, 4.69) is 18.7 Å². The van der Waals surface area contributed by atoms with Gasteiger partial charge in [-0.3, -0.25) is 4.90 Å². The van der Waals surface area contributed by atoms with Crippen LogP contribution in [0, 0.1) is 0 Å². The second-order valence-corrected chi connectivity index (χ2v) is 7.02. The van der Waals surface area contributed by atoms with E-state index >= 15 is 0 Å². The highest BCUT2D eigenvalue weighted by atomic mass is 16.5. The van der Waals surface area contributed by atoms with Gasteiger partial charge in [0.15, 0.2) is 11.5 Å². The lowest BCUT2D eigenvalue weighted by Gasteiger charge is -2.30. The summed E-state index contributed by atoms with van der Waals surface area (Å²) in [6.07, 6.45) is 0.380. The lowest BCUT2D eigenvalue weighted by molar-refractivity contribution is 0.0506. The average molecular weight is 404 g/mol. The number of hydrogen-bond acceptors (Lipinski definition) is 6. The monoisotopic (exact) mass is 403 g/mol. The number of benzene rings is 2. The smallest absolute Gasteiger partial charge is 0.161 e. The standard InChI is InChI=1S/C23H33NO5/c1-6-17(2)24(14-18-7-12-22(27-4)23(13-18)28-5)15-19(25)16-29-21-10-8-20(26-3)9-11-21/h7-13,17,19,25H,6,14-16H2,1-5H3/t17-,19+/m0/s1. The van der Waals surface area contributed by atoms with E-state index in [1.54, 1.807) is 21.3 Å². The summed E-state index contributed by atoms with van der Waals surface area (Å²) in [5.41, 5.74) is 1.10. The van der Waals surface area contributed by atoms with E-state index in [1.807, 2.05) is 42.5 Å². The molecule has 1 N–H and O–H groups in total. The molecule has 0 fully saturated rings. The van der Waals surface area contributed by atoms with Crippen LogP contribution < -0.4 is 18.9 Å². The molecule has 0 amide bonds. The molecule has 160 valence electrons. The van der Waals surface area contributed by atoms with Gasteiger partial charge >= 0.3 is 0 Å². The molecule has 0 spiro atoms. The van der Waals surface area contributed by atoms with Crippen molar-refractivity contribution in [3.8, 4) is 23.0 Å². The van der Waals surface area contributed by atoms with Crippen molar-refractivity contribution < 1.29 is 24.1 Å². The molecular weight excluding hydrogens is 370 g/mol. The fourth-order valence-electron chi connectivity index (χ4n) is 3.06. The summed E-state index contributed by atoms with van der Waals surface area (Å²) in [5.74, 6) is 2.90. The number of rotatable bonds is 12. The second-order valence-electron chi connectivity index (χ2n) is 7.02. The highest BCUT2D eigenvalue weighted by molar-refractivity contribution is 5.42. The molecule has 0 unspecified atom stereocenters. The zero-order valence-electron chi connectivity index (χ0n) is 18.1. The number of nitrogens with zero attached hydrogens (tertiary/aromatic N) is 1. The summed E-state index contributed by atoms with van der Waals surface area (Å²) in [6, 6.07) is 13.6. The highest BCUT2D eigenvalue weighted by Gasteiger charge is 2.18. The molecule has 2 atom stereocenters. The van der Waals surface area contributed by atoms with E-state index in [0.717, 1.165) is 17.7 Å². The van der Waals surface area contributed by atoms with Crippen LogP contribution in [-0.4, -0.2) is 56.6 Å². The number of ether oxygens (including phenoxy) is 4. The third-order valence-electron chi connectivity index (χ3n) is 4.99. The third-order valence-corrected chi connectivity index (χ3v) is 4.99. The van der Waals surface area contributed by atoms with Crippen LogP contribution in [0.4, 0.5) is 0 Å². The zero-order valence-corrected chi connectivity index (χ0v) is 18.1. The Morgan fingerprint density at radius 2 is 1.55 bits per heavy atom. The maximum atomic E-state index is 10.6. The second kappa shape index (κ2) is 11.5. The number of hydrogen-bond donors (Lipinski definition) is 1. The molecule has 0 aromatic heterocycles. The van der Waals surface area contributed by atoms with Gasteiger partial charge in [0.1, 0.15) is 24.2 Å². The van der Waals surface area contributed by atoms with Crippen molar-refractivity contribution in [2.45, 2.75) is 39.0 Å². The minimum absolute atomic E-state index is 0.227. The van der Waals surface area contributed by atoms with Crippen molar-refractivity contribution >= 4 is 0 Å². The van der Waals surface area contributed by atoms with Gasteiger partial charge in [-0.15, -0.1) is 0 Å². The molecule has 2 aromatic rings. The van der Waals surface area contributed by atoms with Gasteiger partial charge in [0.25, 0.3) is 0 Å². The molecule has 0 aliphatic rings. The van der Waals surface area contributed by atoms with Crippen LogP contribution in [0.5, 0.6) is 23.0 Å². The molecule has 0 aliphatic heterocycles. The number of aliphatic hydroxyl groups is 1. The summed E-state index contributed by atoms with van der Waals surface area (Å²) in [7, 11) is 4.89. The Morgan fingerprint density at radius 3 is 2.14 bits per heavy atom. The van der Waals surface area contributed by atoms with E-state index in [1.165, 1.54) is 0 Å². The van der Waals surface area contributed by atoms with Gasteiger partial charge in [-0.1, -0.05) is 13.0 Å². The van der Waals surface area contributed by atoms with Gasteiger partial charge < -0.3 is 24.1 Å². The van der Waals surface area contributed by atoms with E-state index in [9.17, 15) is 5.11 Å². The summed E-state index contributed by atoms with van der Waals surface area (Å²) >= 11 is 0. The third kappa shape index (κ3) is 6.84. The van der Waals surface area contributed by atoms with Crippen molar-refractivity contribution in [2.24, 2.45) is 0 Å². The summed E-state index contributed by atoms with van der Waals surface area (Å²) in [4.78, 5) is 2.25. The molecule has 0 bridgehead atoms. The topological polar surface area (TPSA) is 60.4 Å². The van der Waals surface area contributed by atoms with Crippen molar-refractivity contribution in [1.82, 2.24) is 4.90 Å². The SMILES string of the molecule is CC[C@H](C)N(Cc1ccc(OC)c(OC)c1)C[C@@H](O)COc1ccc(OC)cc1. The molecule has 6 nitrogen and oxygen atoms in total. The molecule has 0 radical (unpaired) electrons. The predicted molar refractivity (Wildman–Crippen MR) is 114 cm³/mol. The Morgan fingerprint density at radius 1 is 0.897 bits per heavy atom. The van der Waals surface area contributed by atoms with Crippen molar-refractivity contribution in [2.75, 3.05) is 34.5 Å². The average Bonchev–Trinajstić information content (AvgIpc) is 2.76. The van der Waals surface area contributed by atoms with Crippen LogP contribution in [-0.2, 0) is 6.54 Å². The van der Waals surface area contributed by atoms with Crippen LogP contribution >= 0.6 is 0 Å². The van der Waals surface area contributed by atoms with Crippen molar-refractivity contribution in [3.05, 3.63) is 48.0 Å². The molecule has 2 rings (SSSR count). The molecule has 2 aromatic carbocycles. The fourth-order valence-corrected chi connectivity index (χ4v) is 3.06. The fraction of sp³-hybridized carbons (Fsp3) is 0.478. The van der Waals surface area contributed by atoms with Crippen LogP contribution in [0.2, 0.25) is 0 Å². The number of methoxy groups -OCH3 is 3. The van der Waals surface area contributed by atoms with E-state index in [-0.39, 0.29) is 6.61 Å². The van der Waals surface area contributed by atoms with Gasteiger partial charge in [-0.25, -0.2) is 0 Å². The Labute approximate surface area is 174 Å². The molecule has 0 heterocycles. The Kier molecular flexibility index (Phi) is 9.09.